The molecule has 2 fully saturated rings. The Morgan fingerprint density at radius 3 is 3.00 bits per heavy atom. The maximum atomic E-state index is 10.1. The minimum atomic E-state index is -0.0607. The summed E-state index contributed by atoms with van der Waals surface area (Å²) in [5.74, 6) is 2.07. The average molecular weight is 396 g/mol. The molecule has 6 nitrogen and oxygen atoms in total. The molecule has 2 aliphatic carbocycles. The maximum absolute atomic E-state index is 10.1. The lowest BCUT2D eigenvalue weighted by atomic mass is 9.59. The normalized spacial score (nSPS) is 27.4. The lowest BCUT2D eigenvalue weighted by Crippen LogP contribution is -2.43. The van der Waals surface area contributed by atoms with Gasteiger partial charge in [0.05, 0.1) is 5.71 Å². The van der Waals surface area contributed by atoms with Crippen molar-refractivity contribution < 1.29 is 10.1 Å². The minimum Gasteiger partial charge on any atom is -0.449 e. The lowest BCUT2D eigenvalue weighted by Gasteiger charge is -2.46. The Morgan fingerprint density at radius 2 is 2.24 bits per heavy atom. The van der Waals surface area contributed by atoms with Crippen LogP contribution in [0.2, 0.25) is 0 Å². The number of pyridine rings is 1. The third-order valence-electron chi connectivity index (χ3n) is 6.83. The van der Waals surface area contributed by atoms with Crippen LogP contribution in [0, 0.1) is 23.7 Å². The van der Waals surface area contributed by atoms with Crippen molar-refractivity contribution in [2.45, 2.75) is 58.4 Å². The first-order valence-electron chi connectivity index (χ1n) is 11.1. The number of hydrogen-bond acceptors (Lipinski definition) is 5. The van der Waals surface area contributed by atoms with Crippen LogP contribution in [0.3, 0.4) is 0 Å². The minimum absolute atomic E-state index is 0.0607. The number of hydrogen-bond donors (Lipinski definition) is 4. The monoisotopic (exact) mass is 396 g/mol. The number of nitrogens with zero attached hydrogens (tertiary/aromatic N) is 2. The molecule has 2 saturated carbocycles. The Kier molecular flexibility index (Phi) is 6.25. The Morgan fingerprint density at radius 1 is 1.38 bits per heavy atom. The van der Waals surface area contributed by atoms with E-state index >= 15 is 0 Å². The molecule has 29 heavy (non-hydrogen) atoms. The molecule has 0 aliphatic heterocycles. The van der Waals surface area contributed by atoms with E-state index in [0.717, 1.165) is 46.5 Å². The van der Waals surface area contributed by atoms with Gasteiger partial charge in [-0.2, -0.15) is 5.10 Å². The SMILES string of the molecule is CC(C)N/N=C(\c1c(BO)cnc2[nH]ccc12)C1C(CCO)CC2CCCC1C2. The summed E-state index contributed by atoms with van der Waals surface area (Å²) in [6.07, 6.45) is 10.7. The number of aliphatic hydroxyl groups excluding tert-OH is 1. The number of aromatic nitrogens is 2. The molecule has 4 rings (SSSR count). The van der Waals surface area contributed by atoms with Crippen molar-refractivity contribution in [3.05, 3.63) is 24.0 Å². The second-order valence-corrected chi connectivity index (χ2v) is 9.16. The van der Waals surface area contributed by atoms with Gasteiger partial charge in [0.2, 0.25) is 0 Å². The fourth-order valence-electron chi connectivity index (χ4n) is 5.71. The number of H-pyrrole nitrogens is 1. The summed E-state index contributed by atoms with van der Waals surface area (Å²) in [4.78, 5) is 7.69. The van der Waals surface area contributed by atoms with Crippen molar-refractivity contribution >= 4 is 29.7 Å². The summed E-state index contributed by atoms with van der Waals surface area (Å²) in [5, 5.41) is 25.9. The summed E-state index contributed by atoms with van der Waals surface area (Å²) in [5.41, 5.74) is 7.00. The molecule has 4 unspecified atom stereocenters. The predicted octanol–water partition coefficient (Wildman–Crippen LogP) is 2.06. The van der Waals surface area contributed by atoms with Gasteiger partial charge in [-0.25, -0.2) is 4.98 Å². The molecule has 2 bridgehead atoms. The zero-order chi connectivity index (χ0) is 20.4. The number of aromatic amines is 1. The molecule has 4 atom stereocenters. The third kappa shape index (κ3) is 4.08. The quantitative estimate of drug-likeness (QED) is 0.328. The molecule has 0 radical (unpaired) electrons. The zero-order valence-corrected chi connectivity index (χ0v) is 17.6. The lowest BCUT2D eigenvalue weighted by molar-refractivity contribution is 0.0836. The van der Waals surface area contributed by atoms with E-state index in [9.17, 15) is 10.1 Å². The van der Waals surface area contributed by atoms with Gasteiger partial charge in [0.25, 0.3) is 0 Å². The molecule has 7 heteroatoms. The van der Waals surface area contributed by atoms with Gasteiger partial charge < -0.3 is 20.5 Å². The van der Waals surface area contributed by atoms with Crippen LogP contribution in [0.25, 0.3) is 11.0 Å². The van der Waals surface area contributed by atoms with Crippen molar-refractivity contribution in [3.8, 4) is 0 Å². The van der Waals surface area contributed by atoms with Crippen molar-refractivity contribution in [3.63, 3.8) is 0 Å². The van der Waals surface area contributed by atoms with Crippen LogP contribution in [0.4, 0.5) is 0 Å². The van der Waals surface area contributed by atoms with Gasteiger partial charge in [-0.15, -0.1) is 0 Å². The highest BCUT2D eigenvalue weighted by molar-refractivity contribution is 6.49. The molecule has 4 N–H and O–H groups in total. The molecule has 156 valence electrons. The van der Waals surface area contributed by atoms with E-state index in [1.165, 1.54) is 25.7 Å². The molecule has 0 aromatic carbocycles. The molecule has 2 aliphatic rings. The van der Waals surface area contributed by atoms with E-state index in [-0.39, 0.29) is 26.0 Å². The first-order valence-corrected chi connectivity index (χ1v) is 11.1. The summed E-state index contributed by atoms with van der Waals surface area (Å²) in [6, 6.07) is 2.26. The van der Waals surface area contributed by atoms with Gasteiger partial charge in [0.1, 0.15) is 5.65 Å². The highest BCUT2D eigenvalue weighted by Gasteiger charge is 2.43. The third-order valence-corrected chi connectivity index (χ3v) is 6.83. The van der Waals surface area contributed by atoms with Gasteiger partial charge >= 0.3 is 7.48 Å². The van der Waals surface area contributed by atoms with Gasteiger partial charge in [-0.05, 0) is 68.8 Å². The van der Waals surface area contributed by atoms with Crippen molar-refractivity contribution in [1.29, 1.82) is 0 Å². The fraction of sp³-hybridized carbons (Fsp3) is 0.636. The summed E-state index contributed by atoms with van der Waals surface area (Å²) >= 11 is 0. The standard InChI is InChI=1S/C22H33BN4O2/c1-13(2)26-27-21(20-17-6-8-24-22(17)25-12-18(20)23-29)19-15-5-3-4-14(10-15)11-16(19)7-9-28/h6,8,12-16,19,23,26,28-29H,3-5,7,9-11H2,1-2H3,(H,24,25)/b27-21-. The van der Waals surface area contributed by atoms with Gasteiger partial charge in [0, 0.05) is 41.9 Å². The summed E-state index contributed by atoms with van der Waals surface area (Å²) < 4.78 is 0. The Bertz CT molecular complexity index is 866. The van der Waals surface area contributed by atoms with E-state index in [1.807, 2.05) is 12.3 Å². The molecule has 0 amide bonds. The smallest absolute Gasteiger partial charge is 0.307 e. The second kappa shape index (κ2) is 8.88. The Balaban J connectivity index is 1.86. The molecular weight excluding hydrogens is 363 g/mol. The highest BCUT2D eigenvalue weighted by Crippen LogP contribution is 2.48. The van der Waals surface area contributed by atoms with Crippen LogP contribution in [-0.4, -0.2) is 45.9 Å². The predicted molar refractivity (Wildman–Crippen MR) is 119 cm³/mol. The average Bonchev–Trinajstić information content (AvgIpc) is 3.18. The van der Waals surface area contributed by atoms with E-state index in [4.69, 9.17) is 5.10 Å². The number of fused-ring (bicyclic) bond motifs is 3. The van der Waals surface area contributed by atoms with Crippen LogP contribution < -0.4 is 10.9 Å². The molecule has 2 aromatic rings. The number of nitrogens with one attached hydrogen (secondary N) is 2. The Hall–Kier alpha value is -1.86. The fourth-order valence-corrected chi connectivity index (χ4v) is 5.71. The van der Waals surface area contributed by atoms with E-state index in [0.29, 0.717) is 11.8 Å². The first-order chi connectivity index (χ1) is 14.1. The number of rotatable bonds is 7. The summed E-state index contributed by atoms with van der Waals surface area (Å²) in [6.45, 7) is 4.40. The zero-order valence-electron chi connectivity index (χ0n) is 17.6. The van der Waals surface area contributed by atoms with Crippen LogP contribution in [0.15, 0.2) is 23.6 Å². The van der Waals surface area contributed by atoms with Crippen molar-refractivity contribution in [1.82, 2.24) is 15.4 Å². The molecule has 0 saturated heterocycles. The second-order valence-electron chi connectivity index (χ2n) is 9.16. The summed E-state index contributed by atoms with van der Waals surface area (Å²) in [7, 11) is -0.0607. The molecule has 2 aromatic heterocycles. The van der Waals surface area contributed by atoms with Crippen molar-refractivity contribution in [2.24, 2.45) is 28.8 Å². The number of aliphatic hydroxyl groups is 1. The van der Waals surface area contributed by atoms with E-state index < -0.39 is 0 Å². The van der Waals surface area contributed by atoms with Gasteiger partial charge in [0.15, 0.2) is 0 Å². The first kappa shape index (κ1) is 20.4. The molecular formula is C22H33BN4O2. The van der Waals surface area contributed by atoms with Crippen LogP contribution in [0.5, 0.6) is 0 Å². The maximum Gasteiger partial charge on any atom is 0.307 e. The molecule has 0 spiro atoms. The Labute approximate surface area is 173 Å². The van der Waals surface area contributed by atoms with Crippen molar-refractivity contribution in [2.75, 3.05) is 6.61 Å². The van der Waals surface area contributed by atoms with Crippen LogP contribution >= 0.6 is 0 Å². The van der Waals surface area contributed by atoms with Gasteiger partial charge in [-0.1, -0.05) is 12.8 Å². The van der Waals surface area contributed by atoms with Gasteiger partial charge in [-0.3, -0.25) is 0 Å². The topological polar surface area (TPSA) is 93.5 Å². The highest BCUT2D eigenvalue weighted by atomic mass is 16.3. The largest absolute Gasteiger partial charge is 0.449 e. The van der Waals surface area contributed by atoms with E-state index in [2.05, 4.69) is 29.2 Å². The number of hydrazone groups is 1. The van der Waals surface area contributed by atoms with Crippen LogP contribution in [0.1, 0.15) is 57.9 Å². The molecule has 2 heterocycles. The van der Waals surface area contributed by atoms with E-state index in [1.54, 1.807) is 6.20 Å². The van der Waals surface area contributed by atoms with Crippen LogP contribution in [-0.2, 0) is 0 Å².